The van der Waals surface area contributed by atoms with Crippen molar-refractivity contribution in [3.05, 3.63) is 24.3 Å². The van der Waals surface area contributed by atoms with Crippen LogP contribution in [-0.4, -0.2) is 22.4 Å². The molecule has 0 radical (unpaired) electrons. The lowest BCUT2D eigenvalue weighted by molar-refractivity contribution is -0.120. The van der Waals surface area contributed by atoms with Gasteiger partial charge in [0.05, 0.1) is 10.9 Å². The van der Waals surface area contributed by atoms with E-state index in [-0.39, 0.29) is 5.91 Å². The van der Waals surface area contributed by atoms with Crippen LogP contribution in [0, 0.1) is 5.92 Å². The highest BCUT2D eigenvalue weighted by Gasteiger charge is 2.17. The lowest BCUT2D eigenvalue weighted by atomic mass is 10.0. The Morgan fingerprint density at radius 3 is 2.74 bits per heavy atom. The number of carbonyl (C=O) groups is 1. The van der Waals surface area contributed by atoms with Gasteiger partial charge >= 0.3 is 0 Å². The number of rotatable bonds is 6. The Morgan fingerprint density at radius 1 is 1.47 bits per heavy atom. The molecule has 6 heteroatoms. The topological polar surface area (TPSA) is 72.2 Å². The van der Waals surface area contributed by atoms with E-state index in [1.165, 1.54) is 0 Å². The molecule has 2 unspecified atom stereocenters. The first kappa shape index (κ1) is 16.2. The van der Waals surface area contributed by atoms with Gasteiger partial charge in [0.25, 0.3) is 0 Å². The monoisotopic (exact) mass is 300 g/mol. The van der Waals surface area contributed by atoms with E-state index in [2.05, 4.69) is 4.72 Å². The average Bonchev–Trinajstić information content (AvgIpc) is 2.37. The summed E-state index contributed by atoms with van der Waals surface area (Å²) >= 11 is 1.56. The largest absolute Gasteiger partial charge is 0.320 e. The number of hydrogen-bond donors (Lipinski definition) is 2. The molecule has 3 N–H and O–H groups in total. The van der Waals surface area contributed by atoms with Crippen LogP contribution in [-0.2, 0) is 15.8 Å². The summed E-state index contributed by atoms with van der Waals surface area (Å²) in [6.07, 6.45) is 2.52. The maximum absolute atomic E-state index is 12.0. The van der Waals surface area contributed by atoms with E-state index < -0.39 is 17.0 Å². The second-order valence-electron chi connectivity index (χ2n) is 4.65. The number of hydrogen-bond acceptors (Lipinski definition) is 4. The van der Waals surface area contributed by atoms with Gasteiger partial charge in [0, 0.05) is 4.90 Å². The van der Waals surface area contributed by atoms with Crippen LogP contribution in [0.5, 0.6) is 0 Å². The summed E-state index contributed by atoms with van der Waals surface area (Å²) in [5, 5.41) is 0. The third-order valence-corrected chi connectivity index (χ3v) is 4.30. The fourth-order valence-electron chi connectivity index (χ4n) is 1.56. The minimum absolute atomic E-state index is 0.328. The molecule has 0 spiro atoms. The highest BCUT2D eigenvalue weighted by molar-refractivity contribution is 7.98. The second-order valence-corrected chi connectivity index (χ2v) is 6.74. The molecule has 0 aliphatic rings. The van der Waals surface area contributed by atoms with Crippen LogP contribution in [0.2, 0.25) is 0 Å². The molecule has 2 atom stereocenters. The van der Waals surface area contributed by atoms with Gasteiger partial charge in [0.2, 0.25) is 5.91 Å². The van der Waals surface area contributed by atoms with E-state index in [1.54, 1.807) is 23.9 Å². The van der Waals surface area contributed by atoms with Crippen molar-refractivity contribution in [2.75, 3.05) is 6.26 Å². The van der Waals surface area contributed by atoms with Crippen molar-refractivity contribution in [2.24, 2.45) is 11.7 Å². The molecule has 0 aromatic heterocycles. The van der Waals surface area contributed by atoms with Gasteiger partial charge < -0.3 is 5.73 Å². The van der Waals surface area contributed by atoms with Crippen molar-refractivity contribution < 1.29 is 9.00 Å². The highest BCUT2D eigenvalue weighted by atomic mass is 32.2. The summed E-state index contributed by atoms with van der Waals surface area (Å²) in [5.74, 6) is -0.0457. The molecule has 0 aliphatic carbocycles. The first-order chi connectivity index (χ1) is 8.93. The zero-order chi connectivity index (χ0) is 14.4. The van der Waals surface area contributed by atoms with Crippen molar-refractivity contribution >= 4 is 28.7 Å². The minimum atomic E-state index is -1.55. The maximum atomic E-state index is 12.0. The molecule has 1 amide bonds. The molecule has 0 aliphatic heterocycles. The van der Waals surface area contributed by atoms with Crippen molar-refractivity contribution in [2.45, 2.75) is 36.1 Å². The molecule has 0 fully saturated rings. The minimum Gasteiger partial charge on any atom is -0.320 e. The van der Waals surface area contributed by atoms with Crippen LogP contribution in [0.25, 0.3) is 0 Å². The molecule has 19 heavy (non-hydrogen) atoms. The van der Waals surface area contributed by atoms with Gasteiger partial charge in [-0.1, -0.05) is 19.9 Å². The summed E-state index contributed by atoms with van der Waals surface area (Å²) in [6.45, 7) is 3.98. The van der Waals surface area contributed by atoms with Crippen molar-refractivity contribution in [3.63, 3.8) is 0 Å². The highest BCUT2D eigenvalue weighted by Crippen LogP contribution is 2.17. The fraction of sp³-hybridized carbons (Fsp3) is 0.462. The standard InChI is InChI=1S/C13H20N2O2S2/c1-9(2)7-12(14)13(16)15-19(17)11-6-4-5-10(8-11)18-3/h4-6,8-9,12H,7,14H2,1-3H3,(H,15,16). The summed E-state index contributed by atoms with van der Waals surface area (Å²) in [5.41, 5.74) is 5.75. The fourth-order valence-corrected chi connectivity index (χ4v) is 2.98. The Morgan fingerprint density at radius 2 is 2.16 bits per heavy atom. The molecule has 106 valence electrons. The Bertz CT molecular complexity index is 464. The molecule has 0 saturated heterocycles. The van der Waals surface area contributed by atoms with E-state index in [9.17, 15) is 9.00 Å². The Balaban J connectivity index is 2.66. The van der Waals surface area contributed by atoms with Crippen LogP contribution in [0.4, 0.5) is 0 Å². The normalized spacial score (nSPS) is 14.2. The molecule has 1 aromatic carbocycles. The van der Waals surface area contributed by atoms with Gasteiger partial charge in [0.15, 0.2) is 11.0 Å². The van der Waals surface area contributed by atoms with E-state index in [0.717, 1.165) is 4.90 Å². The summed E-state index contributed by atoms with van der Waals surface area (Å²) < 4.78 is 14.5. The lowest BCUT2D eigenvalue weighted by Crippen LogP contribution is -2.42. The molecule has 1 aromatic rings. The van der Waals surface area contributed by atoms with E-state index in [4.69, 9.17) is 5.73 Å². The molecular weight excluding hydrogens is 280 g/mol. The van der Waals surface area contributed by atoms with Crippen LogP contribution >= 0.6 is 11.8 Å². The number of nitrogens with two attached hydrogens (primary N) is 1. The van der Waals surface area contributed by atoms with Gasteiger partial charge in [-0.05, 0) is 36.8 Å². The number of amides is 1. The Hall–Kier alpha value is -0.850. The summed E-state index contributed by atoms with van der Waals surface area (Å²) in [4.78, 5) is 13.4. The van der Waals surface area contributed by atoms with E-state index in [0.29, 0.717) is 17.2 Å². The smallest absolute Gasteiger partial charge is 0.248 e. The first-order valence-electron chi connectivity index (χ1n) is 6.06. The van der Waals surface area contributed by atoms with Gasteiger partial charge in [-0.25, -0.2) is 4.21 Å². The van der Waals surface area contributed by atoms with Gasteiger partial charge in [-0.3, -0.25) is 9.52 Å². The molecular formula is C13H20N2O2S2. The predicted octanol–water partition coefficient (Wildman–Crippen LogP) is 1.92. The maximum Gasteiger partial charge on any atom is 0.248 e. The summed E-state index contributed by atoms with van der Waals surface area (Å²) in [7, 11) is -1.55. The Kier molecular flexibility index (Phi) is 6.54. The number of carbonyl (C=O) groups excluding carboxylic acids is 1. The Labute approximate surface area is 121 Å². The molecule has 4 nitrogen and oxygen atoms in total. The predicted molar refractivity (Wildman–Crippen MR) is 80.2 cm³/mol. The lowest BCUT2D eigenvalue weighted by Gasteiger charge is -2.13. The third kappa shape index (κ3) is 5.34. The van der Waals surface area contributed by atoms with Crippen LogP contribution in [0.15, 0.2) is 34.1 Å². The number of benzene rings is 1. The van der Waals surface area contributed by atoms with Gasteiger partial charge in [0.1, 0.15) is 0 Å². The molecule has 0 saturated carbocycles. The van der Waals surface area contributed by atoms with Crippen molar-refractivity contribution in [3.8, 4) is 0 Å². The van der Waals surface area contributed by atoms with Crippen LogP contribution in [0.3, 0.4) is 0 Å². The zero-order valence-electron chi connectivity index (χ0n) is 11.4. The zero-order valence-corrected chi connectivity index (χ0v) is 13.0. The molecule has 1 rings (SSSR count). The molecule has 0 bridgehead atoms. The molecule has 0 heterocycles. The number of nitrogens with one attached hydrogen (secondary N) is 1. The SMILES string of the molecule is CSc1cccc(S(=O)NC(=O)C(N)CC(C)C)c1. The quantitative estimate of drug-likeness (QED) is 0.787. The summed E-state index contributed by atoms with van der Waals surface area (Å²) in [6, 6.07) is 6.66. The van der Waals surface area contributed by atoms with E-state index in [1.807, 2.05) is 32.2 Å². The van der Waals surface area contributed by atoms with Crippen LogP contribution < -0.4 is 10.5 Å². The van der Waals surface area contributed by atoms with Crippen molar-refractivity contribution in [1.29, 1.82) is 0 Å². The van der Waals surface area contributed by atoms with Gasteiger partial charge in [-0.15, -0.1) is 11.8 Å². The van der Waals surface area contributed by atoms with Crippen molar-refractivity contribution in [1.82, 2.24) is 4.72 Å². The third-order valence-electron chi connectivity index (χ3n) is 2.51. The van der Waals surface area contributed by atoms with E-state index >= 15 is 0 Å². The van der Waals surface area contributed by atoms with Gasteiger partial charge in [-0.2, -0.15) is 0 Å². The number of thioether (sulfide) groups is 1. The average molecular weight is 300 g/mol. The second kappa shape index (κ2) is 7.67. The first-order valence-corrected chi connectivity index (χ1v) is 8.43. The van der Waals surface area contributed by atoms with Crippen LogP contribution in [0.1, 0.15) is 20.3 Å².